The topological polar surface area (TPSA) is 23.5 Å². The molecule has 1 rings (SSSR count). The summed E-state index contributed by atoms with van der Waals surface area (Å²) in [5.74, 6) is 0. The van der Waals surface area contributed by atoms with Crippen molar-refractivity contribution >= 4 is 0 Å². The smallest absolute Gasteiger partial charge is 0.0443 e. The van der Waals surface area contributed by atoms with E-state index >= 15 is 0 Å². The summed E-state index contributed by atoms with van der Waals surface area (Å²) in [6.45, 7) is 8.56. The van der Waals surface area contributed by atoms with Crippen molar-refractivity contribution in [3.05, 3.63) is 0 Å². The lowest BCUT2D eigenvalue weighted by Gasteiger charge is -2.38. The van der Waals surface area contributed by atoms with Crippen LogP contribution in [0.3, 0.4) is 0 Å². The number of aliphatic hydroxyl groups excluding tert-OH is 1. The highest BCUT2D eigenvalue weighted by Gasteiger charge is 2.27. The van der Waals surface area contributed by atoms with Crippen LogP contribution in [0.25, 0.3) is 0 Å². The summed E-state index contributed by atoms with van der Waals surface area (Å²) in [5, 5.41) is 8.72. The first-order valence-electron chi connectivity index (χ1n) is 5.53. The number of likely N-dealkylation sites (tertiary alicyclic amines) is 1. The quantitative estimate of drug-likeness (QED) is 0.723. The SMILES string of the molecule is CCC1(C)CCN(CCCO)CC1. The standard InChI is InChI=1S/C11H23NO/c1-3-11(2)5-8-12(9-6-11)7-4-10-13/h13H,3-10H2,1-2H3. The average molecular weight is 185 g/mol. The van der Waals surface area contributed by atoms with Crippen LogP contribution in [0.2, 0.25) is 0 Å². The Morgan fingerprint density at radius 2 is 1.92 bits per heavy atom. The highest BCUT2D eigenvalue weighted by molar-refractivity contribution is 4.80. The maximum atomic E-state index is 8.72. The second-order valence-electron chi connectivity index (χ2n) is 4.58. The van der Waals surface area contributed by atoms with E-state index in [-0.39, 0.29) is 0 Å². The normalized spacial score (nSPS) is 23.3. The molecule has 0 bridgehead atoms. The molecule has 0 aliphatic carbocycles. The molecule has 0 amide bonds. The van der Waals surface area contributed by atoms with Crippen LogP contribution in [0.4, 0.5) is 0 Å². The van der Waals surface area contributed by atoms with Gasteiger partial charge in [0.2, 0.25) is 0 Å². The number of piperidine rings is 1. The van der Waals surface area contributed by atoms with E-state index in [9.17, 15) is 0 Å². The number of rotatable bonds is 4. The van der Waals surface area contributed by atoms with Gasteiger partial charge < -0.3 is 10.0 Å². The largest absolute Gasteiger partial charge is 0.396 e. The molecule has 0 spiro atoms. The highest BCUT2D eigenvalue weighted by atomic mass is 16.3. The fraction of sp³-hybridized carbons (Fsp3) is 1.00. The Kier molecular flexibility index (Phi) is 4.20. The summed E-state index contributed by atoms with van der Waals surface area (Å²) in [7, 11) is 0. The van der Waals surface area contributed by atoms with E-state index in [1.807, 2.05) is 0 Å². The van der Waals surface area contributed by atoms with Gasteiger partial charge in [-0.15, -0.1) is 0 Å². The molecule has 0 radical (unpaired) electrons. The van der Waals surface area contributed by atoms with E-state index in [1.54, 1.807) is 0 Å². The first kappa shape index (κ1) is 11.0. The number of hydrogen-bond donors (Lipinski definition) is 1. The fourth-order valence-electron chi connectivity index (χ4n) is 1.96. The number of nitrogens with zero attached hydrogens (tertiary/aromatic N) is 1. The Bertz CT molecular complexity index is 139. The Labute approximate surface area is 81.9 Å². The van der Waals surface area contributed by atoms with Crippen molar-refractivity contribution in [3.8, 4) is 0 Å². The first-order chi connectivity index (χ1) is 6.20. The van der Waals surface area contributed by atoms with Gasteiger partial charge in [0, 0.05) is 13.2 Å². The van der Waals surface area contributed by atoms with Gasteiger partial charge in [-0.2, -0.15) is 0 Å². The third kappa shape index (κ3) is 3.28. The Morgan fingerprint density at radius 1 is 1.31 bits per heavy atom. The van der Waals surface area contributed by atoms with E-state index in [2.05, 4.69) is 18.7 Å². The monoisotopic (exact) mass is 185 g/mol. The summed E-state index contributed by atoms with van der Waals surface area (Å²) >= 11 is 0. The van der Waals surface area contributed by atoms with E-state index < -0.39 is 0 Å². The van der Waals surface area contributed by atoms with Crippen molar-refractivity contribution in [2.45, 2.75) is 39.5 Å². The molecule has 0 aromatic rings. The molecule has 2 heteroatoms. The van der Waals surface area contributed by atoms with Gasteiger partial charge in [-0.3, -0.25) is 0 Å². The molecule has 0 unspecified atom stereocenters. The number of hydrogen-bond acceptors (Lipinski definition) is 2. The van der Waals surface area contributed by atoms with Gasteiger partial charge in [0.25, 0.3) is 0 Å². The van der Waals surface area contributed by atoms with Crippen LogP contribution in [0.5, 0.6) is 0 Å². The second kappa shape index (κ2) is 4.97. The maximum absolute atomic E-state index is 8.72. The summed E-state index contributed by atoms with van der Waals surface area (Å²) in [6.07, 6.45) is 4.90. The molecule has 0 aromatic carbocycles. The zero-order chi connectivity index (χ0) is 9.73. The molecule has 0 aromatic heterocycles. The summed E-state index contributed by atoms with van der Waals surface area (Å²) < 4.78 is 0. The van der Waals surface area contributed by atoms with Gasteiger partial charge in [-0.25, -0.2) is 0 Å². The molecule has 1 heterocycles. The van der Waals surface area contributed by atoms with E-state index in [0.29, 0.717) is 12.0 Å². The molecule has 1 N–H and O–H groups in total. The van der Waals surface area contributed by atoms with Crippen molar-refractivity contribution in [1.82, 2.24) is 4.90 Å². The predicted octanol–water partition coefficient (Wildman–Crippen LogP) is 1.88. The molecule has 1 aliphatic rings. The van der Waals surface area contributed by atoms with E-state index in [4.69, 9.17) is 5.11 Å². The fourth-order valence-corrected chi connectivity index (χ4v) is 1.96. The Balaban J connectivity index is 2.22. The van der Waals surface area contributed by atoms with E-state index in [0.717, 1.165) is 13.0 Å². The van der Waals surface area contributed by atoms with Crippen molar-refractivity contribution in [2.24, 2.45) is 5.41 Å². The molecule has 13 heavy (non-hydrogen) atoms. The van der Waals surface area contributed by atoms with Crippen LogP contribution < -0.4 is 0 Å². The van der Waals surface area contributed by atoms with Crippen LogP contribution in [0.15, 0.2) is 0 Å². The molecule has 1 saturated heterocycles. The summed E-state index contributed by atoms with van der Waals surface area (Å²) in [5.41, 5.74) is 0.593. The van der Waals surface area contributed by atoms with Crippen LogP contribution in [0.1, 0.15) is 39.5 Å². The molecule has 0 saturated carbocycles. The van der Waals surface area contributed by atoms with Crippen molar-refractivity contribution in [2.75, 3.05) is 26.2 Å². The highest BCUT2D eigenvalue weighted by Crippen LogP contribution is 2.33. The van der Waals surface area contributed by atoms with Crippen LogP contribution in [-0.2, 0) is 0 Å². The molecular formula is C11H23NO. The predicted molar refractivity (Wildman–Crippen MR) is 55.8 cm³/mol. The van der Waals surface area contributed by atoms with E-state index in [1.165, 1.54) is 32.4 Å². The van der Waals surface area contributed by atoms with Crippen molar-refractivity contribution in [3.63, 3.8) is 0 Å². The minimum Gasteiger partial charge on any atom is -0.396 e. The Hall–Kier alpha value is -0.0800. The third-order valence-electron chi connectivity index (χ3n) is 3.55. The molecule has 2 nitrogen and oxygen atoms in total. The second-order valence-corrected chi connectivity index (χ2v) is 4.58. The first-order valence-corrected chi connectivity index (χ1v) is 5.53. The summed E-state index contributed by atoms with van der Waals surface area (Å²) in [6, 6.07) is 0. The van der Waals surface area contributed by atoms with Crippen LogP contribution >= 0.6 is 0 Å². The molecule has 1 fully saturated rings. The lowest BCUT2D eigenvalue weighted by Crippen LogP contribution is -2.39. The van der Waals surface area contributed by atoms with Crippen molar-refractivity contribution in [1.29, 1.82) is 0 Å². The molecule has 0 atom stereocenters. The van der Waals surface area contributed by atoms with Gasteiger partial charge in [0.1, 0.15) is 0 Å². The zero-order valence-electron chi connectivity index (χ0n) is 9.05. The lowest BCUT2D eigenvalue weighted by molar-refractivity contribution is 0.108. The van der Waals surface area contributed by atoms with Crippen LogP contribution in [0, 0.1) is 5.41 Å². The molecule has 78 valence electrons. The van der Waals surface area contributed by atoms with Crippen LogP contribution in [-0.4, -0.2) is 36.2 Å². The van der Waals surface area contributed by atoms with Gasteiger partial charge in [0.15, 0.2) is 0 Å². The minimum atomic E-state index is 0.335. The maximum Gasteiger partial charge on any atom is 0.0443 e. The zero-order valence-corrected chi connectivity index (χ0v) is 9.05. The summed E-state index contributed by atoms with van der Waals surface area (Å²) in [4.78, 5) is 2.48. The third-order valence-corrected chi connectivity index (χ3v) is 3.55. The van der Waals surface area contributed by atoms with Crippen molar-refractivity contribution < 1.29 is 5.11 Å². The average Bonchev–Trinajstić information content (AvgIpc) is 2.17. The molecule has 1 aliphatic heterocycles. The minimum absolute atomic E-state index is 0.335. The van der Waals surface area contributed by atoms with Gasteiger partial charge >= 0.3 is 0 Å². The van der Waals surface area contributed by atoms with Gasteiger partial charge in [-0.05, 0) is 37.8 Å². The van der Waals surface area contributed by atoms with Gasteiger partial charge in [-0.1, -0.05) is 20.3 Å². The number of aliphatic hydroxyl groups is 1. The lowest BCUT2D eigenvalue weighted by atomic mass is 9.78. The van der Waals surface area contributed by atoms with Gasteiger partial charge in [0.05, 0.1) is 0 Å². The Morgan fingerprint density at radius 3 is 2.38 bits per heavy atom. The molecular weight excluding hydrogens is 162 g/mol.